The molecule has 0 saturated heterocycles. The first-order valence-corrected chi connectivity index (χ1v) is 9.87. The number of sulfonamides is 1. The third-order valence-corrected chi connectivity index (χ3v) is 5.95. The van der Waals surface area contributed by atoms with Crippen LogP contribution in [0.3, 0.4) is 0 Å². The second kappa shape index (κ2) is 7.77. The summed E-state index contributed by atoms with van der Waals surface area (Å²) in [6, 6.07) is 15.3. The Kier molecular flexibility index (Phi) is 5.45. The van der Waals surface area contributed by atoms with E-state index in [2.05, 4.69) is 0 Å². The summed E-state index contributed by atoms with van der Waals surface area (Å²) in [4.78, 5) is 0.169. The molecule has 2 aromatic carbocycles. The number of benzene rings is 2. The van der Waals surface area contributed by atoms with Crippen molar-refractivity contribution in [2.75, 3.05) is 19.7 Å². The minimum absolute atomic E-state index is 0.169. The first-order valence-electron chi connectivity index (χ1n) is 8.43. The molecule has 1 aliphatic heterocycles. The van der Waals surface area contributed by atoms with Crippen LogP contribution in [0.2, 0.25) is 0 Å². The second-order valence-corrected chi connectivity index (χ2v) is 7.93. The Bertz CT molecular complexity index is 904. The number of nitriles is 1. The van der Waals surface area contributed by atoms with Crippen molar-refractivity contribution in [3.8, 4) is 17.6 Å². The van der Waals surface area contributed by atoms with Crippen molar-refractivity contribution in [2.45, 2.75) is 24.3 Å². The van der Waals surface area contributed by atoms with E-state index >= 15 is 0 Å². The van der Waals surface area contributed by atoms with Gasteiger partial charge in [0.1, 0.15) is 12.7 Å². The van der Waals surface area contributed by atoms with E-state index in [1.54, 1.807) is 6.07 Å². The lowest BCUT2D eigenvalue weighted by molar-refractivity contribution is 0.0764. The smallest absolute Gasteiger partial charge is 0.243 e. The van der Waals surface area contributed by atoms with Gasteiger partial charge in [0.25, 0.3) is 0 Å². The molecular weight excluding hydrogens is 352 g/mol. The summed E-state index contributed by atoms with van der Waals surface area (Å²) >= 11 is 0. The molecule has 2 aromatic rings. The van der Waals surface area contributed by atoms with Crippen LogP contribution in [0.5, 0.6) is 11.5 Å². The lowest BCUT2D eigenvalue weighted by Crippen LogP contribution is -2.44. The van der Waals surface area contributed by atoms with E-state index in [1.165, 1.54) is 28.6 Å². The Balaban J connectivity index is 1.79. The molecule has 26 heavy (non-hydrogen) atoms. The van der Waals surface area contributed by atoms with Gasteiger partial charge in [-0.1, -0.05) is 19.1 Å². The topological polar surface area (TPSA) is 79.6 Å². The fraction of sp³-hybridized carbons (Fsp3) is 0.316. The normalized spacial score (nSPS) is 16.3. The predicted molar refractivity (Wildman–Crippen MR) is 96.6 cm³/mol. The van der Waals surface area contributed by atoms with Crippen LogP contribution in [-0.2, 0) is 10.0 Å². The summed E-state index contributed by atoms with van der Waals surface area (Å²) in [5, 5.41) is 8.88. The molecule has 0 radical (unpaired) electrons. The fourth-order valence-corrected chi connectivity index (χ4v) is 4.35. The largest absolute Gasteiger partial charge is 0.486 e. The van der Waals surface area contributed by atoms with Gasteiger partial charge in [0.2, 0.25) is 10.0 Å². The fourth-order valence-electron chi connectivity index (χ4n) is 2.79. The van der Waals surface area contributed by atoms with E-state index in [9.17, 15) is 8.42 Å². The Morgan fingerprint density at radius 2 is 1.85 bits per heavy atom. The van der Waals surface area contributed by atoms with Crippen LogP contribution in [0.25, 0.3) is 0 Å². The quantitative estimate of drug-likeness (QED) is 0.779. The van der Waals surface area contributed by atoms with E-state index in [1.807, 2.05) is 31.2 Å². The van der Waals surface area contributed by atoms with E-state index in [4.69, 9.17) is 14.7 Å². The van der Waals surface area contributed by atoms with Crippen LogP contribution < -0.4 is 9.47 Å². The highest BCUT2D eigenvalue weighted by Crippen LogP contribution is 2.31. The molecular formula is C19H20N2O4S. The summed E-state index contributed by atoms with van der Waals surface area (Å²) < 4.78 is 39.0. The van der Waals surface area contributed by atoms with E-state index < -0.39 is 10.0 Å². The van der Waals surface area contributed by atoms with Crippen molar-refractivity contribution in [3.05, 3.63) is 54.1 Å². The van der Waals surface area contributed by atoms with Gasteiger partial charge >= 0.3 is 0 Å². The molecule has 0 N–H and O–H groups in total. The predicted octanol–water partition coefficient (Wildman–Crippen LogP) is 2.80. The summed E-state index contributed by atoms with van der Waals surface area (Å²) in [7, 11) is -3.68. The molecule has 0 saturated carbocycles. The zero-order chi connectivity index (χ0) is 18.6. The van der Waals surface area contributed by atoms with Gasteiger partial charge in [0, 0.05) is 6.54 Å². The summed E-state index contributed by atoms with van der Waals surface area (Å²) in [5.74, 6) is 1.29. The van der Waals surface area contributed by atoms with Crippen molar-refractivity contribution in [1.82, 2.24) is 4.31 Å². The highest BCUT2D eigenvalue weighted by atomic mass is 32.2. The van der Waals surface area contributed by atoms with Crippen LogP contribution in [0.15, 0.2) is 53.4 Å². The molecule has 3 rings (SSSR count). The van der Waals surface area contributed by atoms with Gasteiger partial charge in [-0.05, 0) is 42.8 Å². The summed E-state index contributed by atoms with van der Waals surface area (Å²) in [6.07, 6.45) is 0.296. The van der Waals surface area contributed by atoms with E-state index in [0.29, 0.717) is 36.6 Å². The molecule has 1 heterocycles. The van der Waals surface area contributed by atoms with Crippen molar-refractivity contribution in [3.63, 3.8) is 0 Å². The van der Waals surface area contributed by atoms with E-state index in [0.717, 1.165) is 0 Å². The maximum absolute atomic E-state index is 13.0. The molecule has 0 spiro atoms. The summed E-state index contributed by atoms with van der Waals surface area (Å²) in [5.41, 5.74) is 0.423. The Hall–Kier alpha value is -2.56. The molecule has 0 aromatic heterocycles. The maximum atomic E-state index is 13.0. The van der Waals surface area contributed by atoms with Crippen molar-refractivity contribution < 1.29 is 17.9 Å². The number of nitrogens with zero attached hydrogens (tertiary/aromatic N) is 2. The van der Waals surface area contributed by atoms with Crippen LogP contribution in [0.1, 0.15) is 18.9 Å². The van der Waals surface area contributed by atoms with Gasteiger partial charge < -0.3 is 9.47 Å². The number of ether oxygens (including phenoxy) is 2. The number of para-hydroxylation sites is 2. The monoisotopic (exact) mass is 372 g/mol. The van der Waals surface area contributed by atoms with Gasteiger partial charge in [-0.25, -0.2) is 8.42 Å². The van der Waals surface area contributed by atoms with Crippen LogP contribution in [0.4, 0.5) is 0 Å². The lowest BCUT2D eigenvalue weighted by Gasteiger charge is -2.30. The van der Waals surface area contributed by atoms with Crippen LogP contribution in [0, 0.1) is 11.3 Å². The average molecular weight is 372 g/mol. The lowest BCUT2D eigenvalue weighted by atomic mass is 10.2. The molecule has 1 atom stereocenters. The Morgan fingerprint density at radius 1 is 1.15 bits per heavy atom. The molecule has 136 valence electrons. The Morgan fingerprint density at radius 3 is 2.50 bits per heavy atom. The van der Waals surface area contributed by atoms with Gasteiger partial charge in [0.15, 0.2) is 11.5 Å². The highest BCUT2D eigenvalue weighted by molar-refractivity contribution is 7.89. The maximum Gasteiger partial charge on any atom is 0.243 e. The summed E-state index contributed by atoms with van der Waals surface area (Å²) in [6.45, 7) is 2.79. The third kappa shape index (κ3) is 3.82. The van der Waals surface area contributed by atoms with E-state index in [-0.39, 0.29) is 17.5 Å². The molecule has 0 aliphatic carbocycles. The van der Waals surface area contributed by atoms with Gasteiger partial charge in [-0.15, -0.1) is 0 Å². The third-order valence-electron chi connectivity index (χ3n) is 4.07. The van der Waals surface area contributed by atoms with Gasteiger partial charge in [-0.3, -0.25) is 0 Å². The molecule has 0 amide bonds. The zero-order valence-corrected chi connectivity index (χ0v) is 15.3. The van der Waals surface area contributed by atoms with Gasteiger partial charge in [0.05, 0.1) is 23.1 Å². The van der Waals surface area contributed by atoms with Crippen LogP contribution >= 0.6 is 0 Å². The molecule has 1 unspecified atom stereocenters. The molecule has 0 fully saturated rings. The minimum atomic E-state index is -3.68. The molecule has 1 aliphatic rings. The number of hydrogen-bond donors (Lipinski definition) is 0. The first-order chi connectivity index (χ1) is 12.5. The minimum Gasteiger partial charge on any atom is -0.486 e. The second-order valence-electron chi connectivity index (χ2n) is 6.00. The number of rotatable bonds is 6. The van der Waals surface area contributed by atoms with Crippen molar-refractivity contribution >= 4 is 10.0 Å². The Labute approximate surface area is 153 Å². The zero-order valence-electron chi connectivity index (χ0n) is 14.5. The van der Waals surface area contributed by atoms with Gasteiger partial charge in [-0.2, -0.15) is 9.57 Å². The number of fused-ring (bicyclic) bond motifs is 1. The standard InChI is InChI=1S/C19H20N2O4S/c1-2-11-21(26(22,23)17-9-7-15(12-20)8-10-17)13-16-14-24-18-5-3-4-6-19(18)25-16/h3-10,16H,2,11,13-14H2,1H3. The molecule has 7 heteroatoms. The highest BCUT2D eigenvalue weighted by Gasteiger charge is 2.30. The SMILES string of the molecule is CCCN(CC1COc2ccccc2O1)S(=O)(=O)c1ccc(C#N)cc1. The number of hydrogen-bond acceptors (Lipinski definition) is 5. The van der Waals surface area contributed by atoms with Crippen molar-refractivity contribution in [2.24, 2.45) is 0 Å². The van der Waals surface area contributed by atoms with Crippen molar-refractivity contribution in [1.29, 1.82) is 5.26 Å². The molecule has 6 nitrogen and oxygen atoms in total. The molecule has 0 bridgehead atoms. The van der Waals surface area contributed by atoms with Crippen LogP contribution in [-0.4, -0.2) is 38.5 Å². The average Bonchev–Trinajstić information content (AvgIpc) is 2.67. The first kappa shape index (κ1) is 18.2.